The largest absolute Gasteiger partial charge is 0.507 e. The van der Waals surface area contributed by atoms with Crippen molar-refractivity contribution < 1.29 is 24.2 Å². The fourth-order valence-electron chi connectivity index (χ4n) is 5.56. The number of phenolic OH excluding ortho intramolecular Hbond substituents is 1. The molecule has 1 saturated heterocycles. The summed E-state index contributed by atoms with van der Waals surface area (Å²) >= 11 is 0. The highest BCUT2D eigenvalue weighted by Crippen LogP contribution is 2.41. The summed E-state index contributed by atoms with van der Waals surface area (Å²) in [5.41, 5.74) is 0.669. The van der Waals surface area contributed by atoms with E-state index in [9.17, 15) is 19.5 Å². The number of amides is 1. The molecule has 2 atom stereocenters. The number of aromatic nitrogens is 1. The summed E-state index contributed by atoms with van der Waals surface area (Å²) in [6, 6.07) is 8.38. The number of carbonyl (C=O) groups is 2. The lowest BCUT2D eigenvalue weighted by Crippen LogP contribution is -2.49. The molecular formula is C26H31N3O6. The van der Waals surface area contributed by atoms with Crippen molar-refractivity contribution in [3.05, 3.63) is 51.9 Å². The number of phenols is 1. The van der Waals surface area contributed by atoms with Crippen LogP contribution in [-0.4, -0.2) is 64.7 Å². The van der Waals surface area contributed by atoms with Gasteiger partial charge in [-0.15, -0.1) is 0 Å². The maximum absolute atomic E-state index is 12.3. The number of carbonyl (C=O) groups excluding carboxylic acids is 2. The van der Waals surface area contributed by atoms with Crippen molar-refractivity contribution in [1.82, 2.24) is 14.8 Å². The zero-order valence-electron chi connectivity index (χ0n) is 20.1. The number of nitrogens with one attached hydrogen (secondary N) is 1. The van der Waals surface area contributed by atoms with E-state index in [0.29, 0.717) is 18.4 Å². The zero-order chi connectivity index (χ0) is 24.7. The van der Waals surface area contributed by atoms with Crippen molar-refractivity contribution in [2.75, 3.05) is 32.8 Å². The minimum Gasteiger partial charge on any atom is -0.507 e. The Hall–Kier alpha value is -3.33. The Bertz CT molecular complexity index is 1220. The second-order valence-electron chi connectivity index (χ2n) is 10.4. The number of ketones is 1. The van der Waals surface area contributed by atoms with E-state index in [-0.39, 0.29) is 53.1 Å². The number of likely N-dealkylation sites (tertiary alicyclic amines) is 1. The van der Waals surface area contributed by atoms with Crippen LogP contribution in [0, 0.1) is 5.92 Å². The third kappa shape index (κ3) is 4.91. The summed E-state index contributed by atoms with van der Waals surface area (Å²) in [7, 11) is 0. The second-order valence-corrected chi connectivity index (χ2v) is 10.4. The lowest BCUT2D eigenvalue weighted by atomic mass is 9.83. The summed E-state index contributed by atoms with van der Waals surface area (Å²) in [4.78, 5) is 39.2. The quantitative estimate of drug-likeness (QED) is 0.649. The Morgan fingerprint density at radius 3 is 2.89 bits per heavy atom. The Labute approximate surface area is 203 Å². The van der Waals surface area contributed by atoms with Gasteiger partial charge in [-0.3, -0.25) is 14.4 Å². The number of nitrogens with zero attached hydrogens (tertiary/aromatic N) is 2. The van der Waals surface area contributed by atoms with Gasteiger partial charge in [0.05, 0.1) is 6.42 Å². The van der Waals surface area contributed by atoms with Crippen LogP contribution in [0.25, 0.3) is 0 Å². The molecule has 1 amide bonds. The van der Waals surface area contributed by atoms with E-state index in [1.807, 2.05) is 16.7 Å². The number of hydrogen-bond acceptors (Lipinski definition) is 7. The standard InChI is InChI=1S/C26H31N3O6/c1-26(2)11-21(31)25-20(30)9-18(10-22(25)35-26)34-15-23(32)27-6-7-28-12-16-8-17(14-28)19-4-3-5-24(33)29(19)13-16/h3-5,9-10,16-17,30H,6-8,11-15H2,1-2H3,(H,27,32)/t16-,17+/m1/s1. The molecule has 2 N–H and O–H groups in total. The van der Waals surface area contributed by atoms with Crippen molar-refractivity contribution >= 4 is 11.7 Å². The summed E-state index contributed by atoms with van der Waals surface area (Å²) in [5.74, 6) is 0.644. The molecule has 0 aliphatic carbocycles. The molecule has 4 heterocycles. The molecule has 1 aromatic carbocycles. The van der Waals surface area contributed by atoms with E-state index >= 15 is 0 Å². The fourth-order valence-corrected chi connectivity index (χ4v) is 5.56. The predicted octanol–water partition coefficient (Wildman–Crippen LogP) is 1.91. The molecule has 0 unspecified atom stereocenters. The second kappa shape index (κ2) is 9.03. The summed E-state index contributed by atoms with van der Waals surface area (Å²) in [5, 5.41) is 13.1. The number of piperidine rings is 1. The molecule has 35 heavy (non-hydrogen) atoms. The summed E-state index contributed by atoms with van der Waals surface area (Å²) < 4.78 is 13.3. The van der Waals surface area contributed by atoms with Crippen LogP contribution in [0.1, 0.15) is 48.7 Å². The van der Waals surface area contributed by atoms with E-state index in [0.717, 1.165) is 38.3 Å². The van der Waals surface area contributed by atoms with Crippen LogP contribution in [0.15, 0.2) is 35.1 Å². The van der Waals surface area contributed by atoms with Gasteiger partial charge in [-0.1, -0.05) is 6.07 Å². The predicted molar refractivity (Wildman–Crippen MR) is 128 cm³/mol. The molecule has 5 rings (SSSR count). The number of aromatic hydroxyl groups is 1. The fraction of sp³-hybridized carbons (Fsp3) is 0.500. The van der Waals surface area contributed by atoms with Crippen LogP contribution in [0.2, 0.25) is 0 Å². The molecule has 9 heteroatoms. The SMILES string of the molecule is CC1(C)CC(=O)c2c(O)cc(OCC(=O)NCCN3C[C@H]4C[C@@H](C3)c3cccc(=O)n3C4)cc2O1. The topological polar surface area (TPSA) is 110 Å². The number of pyridine rings is 1. The third-order valence-corrected chi connectivity index (χ3v) is 6.98. The molecule has 1 fully saturated rings. The van der Waals surface area contributed by atoms with E-state index in [1.165, 1.54) is 12.1 Å². The van der Waals surface area contributed by atoms with Crippen molar-refractivity contribution in [3.63, 3.8) is 0 Å². The van der Waals surface area contributed by atoms with Crippen LogP contribution in [0.5, 0.6) is 17.2 Å². The van der Waals surface area contributed by atoms with Gasteiger partial charge in [0, 0.05) is 62.5 Å². The molecule has 3 aliphatic heterocycles. The van der Waals surface area contributed by atoms with E-state index in [1.54, 1.807) is 19.9 Å². The Morgan fingerprint density at radius 2 is 2.06 bits per heavy atom. The average Bonchev–Trinajstić information content (AvgIpc) is 2.77. The average molecular weight is 482 g/mol. The number of hydrogen-bond donors (Lipinski definition) is 2. The van der Waals surface area contributed by atoms with Gasteiger partial charge in [-0.2, -0.15) is 0 Å². The molecule has 9 nitrogen and oxygen atoms in total. The molecule has 0 spiro atoms. The van der Waals surface area contributed by atoms with Gasteiger partial charge in [-0.25, -0.2) is 0 Å². The van der Waals surface area contributed by atoms with Gasteiger partial charge in [-0.05, 0) is 32.3 Å². The molecule has 0 radical (unpaired) electrons. The number of Topliss-reactive ketones (excluding diaryl/α,β-unsaturated/α-hetero) is 1. The molecule has 2 aromatic rings. The third-order valence-electron chi connectivity index (χ3n) is 6.98. The zero-order valence-corrected chi connectivity index (χ0v) is 20.1. The van der Waals surface area contributed by atoms with Gasteiger partial charge in [0.1, 0.15) is 28.4 Å². The van der Waals surface area contributed by atoms with Crippen LogP contribution >= 0.6 is 0 Å². The highest BCUT2D eigenvalue weighted by molar-refractivity contribution is 6.03. The maximum Gasteiger partial charge on any atom is 0.257 e. The van der Waals surface area contributed by atoms with Gasteiger partial charge >= 0.3 is 0 Å². The molecular weight excluding hydrogens is 450 g/mol. The maximum atomic E-state index is 12.3. The molecule has 0 saturated carbocycles. The molecule has 3 aliphatic rings. The summed E-state index contributed by atoms with van der Waals surface area (Å²) in [6.45, 7) is 7.15. The minimum absolute atomic E-state index is 0.0760. The van der Waals surface area contributed by atoms with Crippen LogP contribution < -0.4 is 20.3 Å². The first kappa shape index (κ1) is 23.4. The first-order valence-corrected chi connectivity index (χ1v) is 12.1. The lowest BCUT2D eigenvalue weighted by molar-refractivity contribution is -0.123. The van der Waals surface area contributed by atoms with Crippen LogP contribution in [0.4, 0.5) is 0 Å². The van der Waals surface area contributed by atoms with Crippen molar-refractivity contribution in [1.29, 1.82) is 0 Å². The van der Waals surface area contributed by atoms with Crippen LogP contribution in [0.3, 0.4) is 0 Å². The van der Waals surface area contributed by atoms with Crippen LogP contribution in [-0.2, 0) is 11.3 Å². The van der Waals surface area contributed by atoms with E-state index in [2.05, 4.69) is 10.2 Å². The van der Waals surface area contributed by atoms with Gasteiger partial charge < -0.3 is 29.4 Å². The number of ether oxygens (including phenoxy) is 2. The van der Waals surface area contributed by atoms with Gasteiger partial charge in [0.25, 0.3) is 11.5 Å². The van der Waals surface area contributed by atoms with Crippen molar-refractivity contribution in [2.24, 2.45) is 5.92 Å². The van der Waals surface area contributed by atoms with Crippen molar-refractivity contribution in [3.8, 4) is 17.2 Å². The Kier molecular flexibility index (Phi) is 6.04. The molecule has 1 aromatic heterocycles. The number of benzene rings is 1. The number of fused-ring (bicyclic) bond motifs is 5. The first-order valence-electron chi connectivity index (χ1n) is 12.1. The normalized spacial score (nSPS) is 22.5. The lowest BCUT2D eigenvalue weighted by Gasteiger charge is -2.42. The minimum atomic E-state index is -0.669. The van der Waals surface area contributed by atoms with Crippen molar-refractivity contribution in [2.45, 2.75) is 44.8 Å². The molecule has 2 bridgehead atoms. The summed E-state index contributed by atoms with van der Waals surface area (Å²) in [6.07, 6.45) is 1.28. The van der Waals surface area contributed by atoms with E-state index in [4.69, 9.17) is 9.47 Å². The monoisotopic (exact) mass is 481 g/mol. The number of rotatable bonds is 6. The van der Waals surface area contributed by atoms with Gasteiger partial charge in [0.2, 0.25) is 0 Å². The Balaban J connectivity index is 1.11. The first-order chi connectivity index (χ1) is 16.7. The Morgan fingerprint density at radius 1 is 1.23 bits per heavy atom. The van der Waals surface area contributed by atoms with E-state index < -0.39 is 5.60 Å². The highest BCUT2D eigenvalue weighted by Gasteiger charge is 2.35. The smallest absolute Gasteiger partial charge is 0.257 e. The van der Waals surface area contributed by atoms with Gasteiger partial charge in [0.15, 0.2) is 12.4 Å². The highest BCUT2D eigenvalue weighted by atomic mass is 16.5. The molecule has 186 valence electrons.